The average molecular weight is 374 g/mol. The zero-order chi connectivity index (χ0) is 16.3. The van der Waals surface area contributed by atoms with E-state index in [1.54, 1.807) is 0 Å². The zero-order valence-electron chi connectivity index (χ0n) is 13.1. The number of nitriles is 1. The number of carbonyl (C=O) groups is 1. The van der Waals surface area contributed by atoms with Gasteiger partial charge in [0.05, 0.1) is 28.7 Å². The summed E-state index contributed by atoms with van der Waals surface area (Å²) in [7, 11) is 0. The first-order chi connectivity index (χ1) is 10.4. The second-order valence-corrected chi connectivity index (χ2v) is 7.75. The molecule has 1 spiro atoms. The lowest BCUT2D eigenvalue weighted by Crippen LogP contribution is -2.59. The molecule has 6 heteroatoms. The second kappa shape index (κ2) is 7.29. The normalized spacial score (nSPS) is 41.9. The number of nitrogens with zero attached hydrogens (tertiary/aromatic N) is 1. The molecule has 1 saturated heterocycles. The molecule has 1 aliphatic carbocycles. The van der Waals surface area contributed by atoms with Gasteiger partial charge in [0.1, 0.15) is 6.10 Å². The maximum atomic E-state index is 11.3. The van der Waals surface area contributed by atoms with Crippen molar-refractivity contribution in [1.82, 2.24) is 0 Å². The van der Waals surface area contributed by atoms with Crippen molar-refractivity contribution >= 4 is 21.9 Å². The Hall–Kier alpha value is -0.640. The van der Waals surface area contributed by atoms with Crippen LogP contribution >= 0.6 is 15.9 Å². The Morgan fingerprint density at radius 3 is 2.82 bits per heavy atom. The van der Waals surface area contributed by atoms with Gasteiger partial charge in [-0.05, 0) is 38.0 Å². The van der Waals surface area contributed by atoms with E-state index in [0.29, 0.717) is 32.1 Å². The van der Waals surface area contributed by atoms with Crippen LogP contribution in [-0.4, -0.2) is 39.8 Å². The molecule has 2 rings (SSSR count). The molecule has 6 atom stereocenters. The van der Waals surface area contributed by atoms with Gasteiger partial charge >= 0.3 is 5.97 Å². The number of halogens is 1. The Balaban J connectivity index is 2.09. The van der Waals surface area contributed by atoms with E-state index in [0.717, 1.165) is 6.42 Å². The van der Waals surface area contributed by atoms with E-state index in [-0.39, 0.29) is 28.9 Å². The first-order valence-corrected chi connectivity index (χ1v) is 8.83. The van der Waals surface area contributed by atoms with Crippen molar-refractivity contribution in [2.75, 3.05) is 0 Å². The number of esters is 1. The quantitative estimate of drug-likeness (QED) is 0.607. The summed E-state index contributed by atoms with van der Waals surface area (Å²) in [5.41, 5.74) is -0.595. The van der Waals surface area contributed by atoms with Crippen molar-refractivity contribution in [2.45, 2.75) is 81.1 Å². The van der Waals surface area contributed by atoms with Gasteiger partial charge in [0.25, 0.3) is 0 Å². The van der Waals surface area contributed by atoms with Crippen LogP contribution in [0, 0.1) is 17.2 Å². The Labute approximate surface area is 140 Å². The molecule has 1 heterocycles. The van der Waals surface area contributed by atoms with Gasteiger partial charge < -0.3 is 14.6 Å². The van der Waals surface area contributed by atoms with E-state index in [4.69, 9.17) is 14.7 Å². The van der Waals surface area contributed by atoms with Crippen LogP contribution in [-0.2, 0) is 14.3 Å². The minimum atomic E-state index is -0.595. The van der Waals surface area contributed by atoms with E-state index < -0.39 is 11.7 Å². The van der Waals surface area contributed by atoms with E-state index in [9.17, 15) is 9.90 Å². The molecule has 2 aliphatic rings. The zero-order valence-corrected chi connectivity index (χ0v) is 14.7. The molecule has 1 N–H and O–H groups in total. The van der Waals surface area contributed by atoms with E-state index >= 15 is 0 Å². The summed E-state index contributed by atoms with van der Waals surface area (Å²) in [6.07, 6.45) is 3.27. The third-order valence-electron chi connectivity index (χ3n) is 4.78. The monoisotopic (exact) mass is 373 g/mol. The molecule has 5 nitrogen and oxygen atoms in total. The predicted octanol–water partition coefficient (Wildman–Crippen LogP) is 2.69. The Kier molecular flexibility index (Phi) is 5.87. The SMILES string of the molecule is CC(=O)O[C@H]1[C@H](C)C[C@]2(C[C@@H]1Br)OC(CCC#N)CCC2O. The topological polar surface area (TPSA) is 79.5 Å². The summed E-state index contributed by atoms with van der Waals surface area (Å²) in [5.74, 6) is -0.180. The highest BCUT2D eigenvalue weighted by Crippen LogP contribution is 2.46. The lowest BCUT2D eigenvalue weighted by molar-refractivity contribution is -0.220. The molecule has 0 aromatic heterocycles. The van der Waals surface area contributed by atoms with E-state index in [1.807, 2.05) is 6.92 Å². The highest BCUT2D eigenvalue weighted by atomic mass is 79.9. The lowest BCUT2D eigenvalue weighted by Gasteiger charge is -2.51. The van der Waals surface area contributed by atoms with Gasteiger partial charge in [-0.15, -0.1) is 0 Å². The number of hydrogen-bond acceptors (Lipinski definition) is 5. The van der Waals surface area contributed by atoms with Crippen LogP contribution in [0.3, 0.4) is 0 Å². The third kappa shape index (κ3) is 3.81. The molecular formula is C16H24BrNO4. The number of aliphatic hydroxyl groups excluding tert-OH is 1. The molecule has 124 valence electrons. The molecule has 0 radical (unpaired) electrons. The van der Waals surface area contributed by atoms with Gasteiger partial charge in [0.2, 0.25) is 0 Å². The third-order valence-corrected chi connectivity index (χ3v) is 5.62. The van der Waals surface area contributed by atoms with Gasteiger partial charge in [-0.25, -0.2) is 0 Å². The number of ether oxygens (including phenoxy) is 2. The van der Waals surface area contributed by atoms with Crippen LogP contribution in [0.15, 0.2) is 0 Å². The number of rotatable bonds is 3. The molecule has 1 saturated carbocycles. The fourth-order valence-electron chi connectivity index (χ4n) is 3.80. The number of carbonyl (C=O) groups excluding carboxylic acids is 1. The van der Waals surface area contributed by atoms with Crippen LogP contribution in [0.4, 0.5) is 0 Å². The summed E-state index contributed by atoms with van der Waals surface area (Å²) < 4.78 is 11.7. The number of aliphatic hydroxyl groups is 1. The molecular weight excluding hydrogens is 350 g/mol. The predicted molar refractivity (Wildman–Crippen MR) is 84.4 cm³/mol. The summed E-state index contributed by atoms with van der Waals surface area (Å²) in [4.78, 5) is 11.2. The maximum Gasteiger partial charge on any atom is 0.302 e. The van der Waals surface area contributed by atoms with E-state index in [1.165, 1.54) is 6.92 Å². The van der Waals surface area contributed by atoms with Crippen molar-refractivity contribution in [2.24, 2.45) is 5.92 Å². The van der Waals surface area contributed by atoms with Crippen molar-refractivity contribution in [3.63, 3.8) is 0 Å². The first-order valence-electron chi connectivity index (χ1n) is 7.92. The van der Waals surface area contributed by atoms with Gasteiger partial charge in [-0.1, -0.05) is 22.9 Å². The van der Waals surface area contributed by atoms with Crippen molar-refractivity contribution < 1.29 is 19.4 Å². The number of alkyl halides is 1. The van der Waals surface area contributed by atoms with Gasteiger partial charge in [0.15, 0.2) is 0 Å². The van der Waals surface area contributed by atoms with Gasteiger partial charge in [0, 0.05) is 13.3 Å². The van der Waals surface area contributed by atoms with Crippen LogP contribution in [0.1, 0.15) is 52.4 Å². The Morgan fingerprint density at radius 1 is 1.50 bits per heavy atom. The summed E-state index contributed by atoms with van der Waals surface area (Å²) >= 11 is 3.61. The summed E-state index contributed by atoms with van der Waals surface area (Å²) in [6, 6.07) is 2.15. The first kappa shape index (κ1) is 17.7. The molecule has 22 heavy (non-hydrogen) atoms. The smallest absolute Gasteiger partial charge is 0.302 e. The van der Waals surface area contributed by atoms with Crippen LogP contribution in [0.5, 0.6) is 0 Å². The highest BCUT2D eigenvalue weighted by molar-refractivity contribution is 9.09. The Bertz CT molecular complexity index is 438. The molecule has 1 aliphatic heterocycles. The highest BCUT2D eigenvalue weighted by Gasteiger charge is 2.52. The number of hydrogen-bond donors (Lipinski definition) is 1. The molecule has 0 aromatic carbocycles. The summed E-state index contributed by atoms with van der Waals surface area (Å²) in [5, 5.41) is 19.3. The molecule has 2 unspecified atom stereocenters. The second-order valence-electron chi connectivity index (χ2n) is 6.57. The van der Waals surface area contributed by atoms with Crippen LogP contribution < -0.4 is 0 Å². The fraction of sp³-hybridized carbons (Fsp3) is 0.875. The average Bonchev–Trinajstić information content (AvgIpc) is 2.44. The van der Waals surface area contributed by atoms with Crippen molar-refractivity contribution in [1.29, 1.82) is 5.26 Å². The van der Waals surface area contributed by atoms with E-state index in [2.05, 4.69) is 22.0 Å². The largest absolute Gasteiger partial charge is 0.461 e. The molecule has 0 bridgehead atoms. The van der Waals surface area contributed by atoms with Crippen molar-refractivity contribution in [3.8, 4) is 6.07 Å². The van der Waals surface area contributed by atoms with Gasteiger partial charge in [-0.2, -0.15) is 5.26 Å². The molecule has 2 fully saturated rings. The minimum absolute atomic E-state index is 0.0280. The standard InChI is InChI=1S/C16H24BrNO4/c1-10-8-16(9-13(17)15(10)21-11(2)19)14(20)6-5-12(22-16)4-3-7-18/h10,12-15,20H,3-6,8-9H2,1-2H3/t10-,12?,13+,14?,15+,16-/m1/s1. The molecule has 0 aromatic rings. The minimum Gasteiger partial charge on any atom is -0.461 e. The van der Waals surface area contributed by atoms with Crippen LogP contribution in [0.2, 0.25) is 0 Å². The fourth-order valence-corrected chi connectivity index (χ4v) is 4.98. The molecule has 0 amide bonds. The van der Waals surface area contributed by atoms with Crippen LogP contribution in [0.25, 0.3) is 0 Å². The van der Waals surface area contributed by atoms with Crippen molar-refractivity contribution in [3.05, 3.63) is 0 Å². The Morgan fingerprint density at radius 2 is 2.23 bits per heavy atom. The summed E-state index contributed by atoms with van der Waals surface area (Å²) in [6.45, 7) is 3.44. The lowest BCUT2D eigenvalue weighted by atomic mass is 9.71. The maximum absolute atomic E-state index is 11.3. The van der Waals surface area contributed by atoms with Gasteiger partial charge in [-0.3, -0.25) is 4.79 Å².